The van der Waals surface area contributed by atoms with Crippen LogP contribution >= 0.6 is 11.6 Å². The molecular formula is C13H19ClN2O2. The zero-order valence-corrected chi connectivity index (χ0v) is 11.5. The third kappa shape index (κ3) is 4.20. The number of methoxy groups -OCH3 is 1. The van der Waals surface area contributed by atoms with Crippen LogP contribution in [0.1, 0.15) is 19.8 Å². The summed E-state index contributed by atoms with van der Waals surface area (Å²) in [6, 6.07) is 5.15. The second-order valence-electron chi connectivity index (χ2n) is 4.17. The molecule has 18 heavy (non-hydrogen) atoms. The first-order chi connectivity index (χ1) is 8.58. The Kier molecular flexibility index (Phi) is 5.95. The molecule has 5 heteroatoms. The number of carbonyl (C=O) groups excluding carboxylic acids is 1. The van der Waals surface area contributed by atoms with Crippen molar-refractivity contribution in [3.63, 3.8) is 0 Å². The maximum Gasteiger partial charge on any atom is 0.227 e. The van der Waals surface area contributed by atoms with Crippen molar-refractivity contribution >= 4 is 23.2 Å². The molecule has 0 saturated heterocycles. The number of hydrogen-bond donors (Lipinski definition) is 2. The van der Waals surface area contributed by atoms with Gasteiger partial charge in [-0.2, -0.15) is 0 Å². The van der Waals surface area contributed by atoms with Gasteiger partial charge in [0, 0.05) is 12.0 Å². The van der Waals surface area contributed by atoms with E-state index < -0.39 is 0 Å². The second kappa shape index (κ2) is 7.24. The molecule has 0 saturated carbocycles. The van der Waals surface area contributed by atoms with E-state index in [2.05, 4.69) is 5.32 Å². The summed E-state index contributed by atoms with van der Waals surface area (Å²) in [6.07, 6.45) is 1.60. The minimum Gasteiger partial charge on any atom is -0.497 e. The van der Waals surface area contributed by atoms with Gasteiger partial charge in [-0.3, -0.25) is 4.79 Å². The highest BCUT2D eigenvalue weighted by Gasteiger charge is 2.14. The number of hydrogen-bond acceptors (Lipinski definition) is 3. The fourth-order valence-corrected chi connectivity index (χ4v) is 1.70. The SMILES string of the molecule is COc1ccc(Cl)c(NC(=O)C(C)CCCN)c1. The van der Waals surface area contributed by atoms with E-state index in [9.17, 15) is 4.79 Å². The molecule has 1 atom stereocenters. The van der Waals surface area contributed by atoms with Gasteiger partial charge in [0.2, 0.25) is 5.91 Å². The van der Waals surface area contributed by atoms with Crippen LogP contribution in [0.4, 0.5) is 5.69 Å². The minimum atomic E-state index is -0.0872. The van der Waals surface area contributed by atoms with Crippen LogP contribution in [0, 0.1) is 5.92 Å². The Morgan fingerprint density at radius 2 is 2.28 bits per heavy atom. The van der Waals surface area contributed by atoms with E-state index in [0.29, 0.717) is 23.0 Å². The highest BCUT2D eigenvalue weighted by Crippen LogP contribution is 2.27. The quantitative estimate of drug-likeness (QED) is 0.835. The number of benzene rings is 1. The number of rotatable bonds is 6. The molecule has 3 N–H and O–H groups in total. The van der Waals surface area contributed by atoms with Gasteiger partial charge >= 0.3 is 0 Å². The Bertz CT molecular complexity index is 410. The Balaban J connectivity index is 2.68. The van der Waals surface area contributed by atoms with Crippen LogP contribution in [0.25, 0.3) is 0 Å². The molecule has 1 aromatic carbocycles. The molecule has 0 aliphatic rings. The van der Waals surface area contributed by atoms with Crippen LogP contribution in [0.5, 0.6) is 5.75 Å². The molecule has 1 unspecified atom stereocenters. The van der Waals surface area contributed by atoms with E-state index in [1.54, 1.807) is 25.3 Å². The smallest absolute Gasteiger partial charge is 0.227 e. The van der Waals surface area contributed by atoms with Crippen molar-refractivity contribution in [1.29, 1.82) is 0 Å². The van der Waals surface area contributed by atoms with E-state index in [1.165, 1.54) is 0 Å². The maximum absolute atomic E-state index is 11.9. The van der Waals surface area contributed by atoms with Crippen molar-refractivity contribution in [3.8, 4) is 5.75 Å². The fourth-order valence-electron chi connectivity index (χ4n) is 1.54. The first-order valence-electron chi connectivity index (χ1n) is 5.93. The lowest BCUT2D eigenvalue weighted by atomic mass is 10.0. The molecule has 100 valence electrons. The molecule has 4 nitrogen and oxygen atoms in total. The number of halogens is 1. The summed E-state index contributed by atoms with van der Waals surface area (Å²) in [6.45, 7) is 2.47. The molecular weight excluding hydrogens is 252 g/mol. The van der Waals surface area contributed by atoms with Gasteiger partial charge in [0.05, 0.1) is 17.8 Å². The van der Waals surface area contributed by atoms with Crippen molar-refractivity contribution in [2.75, 3.05) is 19.0 Å². The van der Waals surface area contributed by atoms with Gasteiger partial charge in [-0.1, -0.05) is 18.5 Å². The number of anilines is 1. The van der Waals surface area contributed by atoms with Gasteiger partial charge < -0.3 is 15.8 Å². The van der Waals surface area contributed by atoms with Crippen molar-refractivity contribution in [2.24, 2.45) is 11.7 Å². The zero-order valence-electron chi connectivity index (χ0n) is 10.7. The average Bonchev–Trinajstić information content (AvgIpc) is 2.38. The molecule has 1 rings (SSSR count). The van der Waals surface area contributed by atoms with Crippen molar-refractivity contribution in [2.45, 2.75) is 19.8 Å². The van der Waals surface area contributed by atoms with Gasteiger partial charge in [0.1, 0.15) is 5.75 Å². The number of amides is 1. The lowest BCUT2D eigenvalue weighted by molar-refractivity contribution is -0.119. The largest absolute Gasteiger partial charge is 0.497 e. The number of nitrogens with two attached hydrogens (primary N) is 1. The Morgan fingerprint density at radius 1 is 1.56 bits per heavy atom. The van der Waals surface area contributed by atoms with Gasteiger partial charge in [-0.05, 0) is 31.5 Å². The van der Waals surface area contributed by atoms with Gasteiger partial charge in [0.25, 0.3) is 0 Å². The lowest BCUT2D eigenvalue weighted by Gasteiger charge is -2.13. The summed E-state index contributed by atoms with van der Waals surface area (Å²) in [7, 11) is 1.57. The first kappa shape index (κ1) is 14.8. The van der Waals surface area contributed by atoms with Crippen molar-refractivity contribution < 1.29 is 9.53 Å². The standard InChI is InChI=1S/C13H19ClN2O2/c1-9(4-3-7-15)13(17)16-12-8-10(18-2)5-6-11(12)14/h5-6,8-9H,3-4,7,15H2,1-2H3,(H,16,17). The van der Waals surface area contributed by atoms with E-state index >= 15 is 0 Å². The molecule has 0 spiro atoms. The van der Waals surface area contributed by atoms with Crippen LogP contribution in [-0.2, 0) is 4.79 Å². The average molecular weight is 271 g/mol. The highest BCUT2D eigenvalue weighted by atomic mass is 35.5. The predicted octanol–water partition coefficient (Wildman–Crippen LogP) is 2.66. The molecule has 0 fully saturated rings. The normalized spacial score (nSPS) is 12.0. The van der Waals surface area contributed by atoms with Gasteiger partial charge in [0.15, 0.2) is 0 Å². The second-order valence-corrected chi connectivity index (χ2v) is 4.57. The van der Waals surface area contributed by atoms with Crippen molar-refractivity contribution in [1.82, 2.24) is 0 Å². The van der Waals surface area contributed by atoms with Gasteiger partial charge in [-0.15, -0.1) is 0 Å². The topological polar surface area (TPSA) is 64.3 Å². The van der Waals surface area contributed by atoms with Crippen LogP contribution in [-0.4, -0.2) is 19.6 Å². The van der Waals surface area contributed by atoms with Crippen LogP contribution < -0.4 is 15.8 Å². The third-order valence-electron chi connectivity index (χ3n) is 2.72. The molecule has 0 aliphatic heterocycles. The summed E-state index contributed by atoms with van der Waals surface area (Å²) < 4.78 is 5.09. The zero-order chi connectivity index (χ0) is 13.5. The molecule has 1 amide bonds. The molecule has 1 aromatic rings. The number of carbonyl (C=O) groups is 1. The van der Waals surface area contributed by atoms with Crippen LogP contribution in [0.3, 0.4) is 0 Å². The molecule has 0 radical (unpaired) electrons. The van der Waals surface area contributed by atoms with E-state index in [1.807, 2.05) is 6.92 Å². The van der Waals surface area contributed by atoms with Crippen LogP contribution in [0.15, 0.2) is 18.2 Å². The number of nitrogens with one attached hydrogen (secondary N) is 1. The Labute approximate surface area is 112 Å². The Morgan fingerprint density at radius 3 is 2.89 bits per heavy atom. The predicted molar refractivity (Wildman–Crippen MR) is 74.1 cm³/mol. The molecule has 0 bridgehead atoms. The summed E-state index contributed by atoms with van der Waals surface area (Å²) in [4.78, 5) is 11.9. The summed E-state index contributed by atoms with van der Waals surface area (Å²) in [5.74, 6) is 0.513. The summed E-state index contributed by atoms with van der Waals surface area (Å²) >= 11 is 6.02. The first-order valence-corrected chi connectivity index (χ1v) is 6.30. The van der Waals surface area contributed by atoms with Crippen LogP contribution in [0.2, 0.25) is 5.02 Å². The summed E-state index contributed by atoms with van der Waals surface area (Å²) in [5, 5.41) is 3.30. The van der Waals surface area contributed by atoms with E-state index in [-0.39, 0.29) is 11.8 Å². The summed E-state index contributed by atoms with van der Waals surface area (Å²) in [5.41, 5.74) is 5.99. The molecule has 0 aliphatic carbocycles. The molecule has 0 heterocycles. The number of ether oxygens (including phenoxy) is 1. The van der Waals surface area contributed by atoms with E-state index in [4.69, 9.17) is 22.1 Å². The fraction of sp³-hybridized carbons (Fsp3) is 0.462. The minimum absolute atomic E-state index is 0.0568. The van der Waals surface area contributed by atoms with E-state index in [0.717, 1.165) is 12.8 Å². The molecule has 0 aromatic heterocycles. The lowest BCUT2D eigenvalue weighted by Crippen LogP contribution is -2.21. The monoisotopic (exact) mass is 270 g/mol. The maximum atomic E-state index is 11.9. The Hall–Kier alpha value is -1.26. The van der Waals surface area contributed by atoms with Gasteiger partial charge in [-0.25, -0.2) is 0 Å². The third-order valence-corrected chi connectivity index (χ3v) is 3.05. The van der Waals surface area contributed by atoms with Crippen molar-refractivity contribution in [3.05, 3.63) is 23.2 Å². The highest BCUT2D eigenvalue weighted by molar-refractivity contribution is 6.33.